The molecule has 1 heteroatoms. The molecule has 0 bridgehead atoms. The monoisotopic (exact) mass is 125 g/mol. The minimum absolute atomic E-state index is 0.907. The lowest BCUT2D eigenvalue weighted by atomic mass is 10.4. The summed E-state index contributed by atoms with van der Waals surface area (Å²) in [6, 6.07) is 0.907. The fraction of sp³-hybridized carbons (Fsp3) is 0.750. The zero-order valence-corrected chi connectivity index (χ0v) is 6.14. The van der Waals surface area contributed by atoms with Crippen LogP contribution in [0.5, 0.6) is 0 Å². The van der Waals surface area contributed by atoms with Gasteiger partial charge in [0.15, 0.2) is 0 Å². The number of rotatable bonds is 4. The lowest BCUT2D eigenvalue weighted by molar-refractivity contribution is 0.331. The Hall–Kier alpha value is -0.300. The normalized spacial score (nSPS) is 18.4. The lowest BCUT2D eigenvalue weighted by Gasteiger charge is -2.12. The highest BCUT2D eigenvalue weighted by atomic mass is 15.1. The van der Waals surface area contributed by atoms with Gasteiger partial charge in [0, 0.05) is 12.6 Å². The highest BCUT2D eigenvalue weighted by Crippen LogP contribution is 2.24. The van der Waals surface area contributed by atoms with Crippen molar-refractivity contribution in [3.05, 3.63) is 12.7 Å². The van der Waals surface area contributed by atoms with Crippen molar-refractivity contribution in [1.29, 1.82) is 0 Å². The fourth-order valence-corrected chi connectivity index (χ4v) is 0.993. The molecule has 1 aliphatic rings. The maximum absolute atomic E-state index is 3.69. The molecule has 1 rings (SSSR count). The molecular formula is C8H15N. The standard InChI is InChI=1S/C8H15N/c1-3-4-7-9(2)8-5-6-8/h3,8H,1,4-7H2,2H3. The lowest BCUT2D eigenvalue weighted by Crippen LogP contribution is -2.21. The third-order valence-corrected chi connectivity index (χ3v) is 1.86. The maximum Gasteiger partial charge on any atom is 0.00934 e. The summed E-state index contributed by atoms with van der Waals surface area (Å²) in [5.74, 6) is 0. The predicted molar refractivity (Wildman–Crippen MR) is 40.5 cm³/mol. The molecule has 0 unspecified atom stereocenters. The van der Waals surface area contributed by atoms with Gasteiger partial charge in [-0.25, -0.2) is 0 Å². The van der Waals surface area contributed by atoms with Gasteiger partial charge >= 0.3 is 0 Å². The van der Waals surface area contributed by atoms with E-state index in [2.05, 4.69) is 18.5 Å². The van der Waals surface area contributed by atoms with Gasteiger partial charge in [0.25, 0.3) is 0 Å². The van der Waals surface area contributed by atoms with Crippen LogP contribution in [0.3, 0.4) is 0 Å². The molecule has 0 aromatic carbocycles. The van der Waals surface area contributed by atoms with E-state index in [0.717, 1.165) is 12.5 Å². The Kier molecular flexibility index (Phi) is 2.29. The van der Waals surface area contributed by atoms with Gasteiger partial charge in [-0.2, -0.15) is 0 Å². The van der Waals surface area contributed by atoms with E-state index in [1.807, 2.05) is 6.08 Å². The molecule has 1 fully saturated rings. The van der Waals surface area contributed by atoms with Gasteiger partial charge in [-0.05, 0) is 26.3 Å². The molecule has 1 aliphatic carbocycles. The molecule has 0 saturated heterocycles. The van der Waals surface area contributed by atoms with Gasteiger partial charge < -0.3 is 4.90 Å². The summed E-state index contributed by atoms with van der Waals surface area (Å²) in [5.41, 5.74) is 0. The summed E-state index contributed by atoms with van der Waals surface area (Å²) in [7, 11) is 2.20. The summed E-state index contributed by atoms with van der Waals surface area (Å²) in [4.78, 5) is 2.42. The molecular weight excluding hydrogens is 110 g/mol. The second-order valence-electron chi connectivity index (χ2n) is 2.79. The van der Waals surface area contributed by atoms with Crippen LogP contribution >= 0.6 is 0 Å². The van der Waals surface area contributed by atoms with Crippen LogP contribution in [-0.2, 0) is 0 Å². The average Bonchev–Trinajstić information content (AvgIpc) is 2.63. The quantitative estimate of drug-likeness (QED) is 0.516. The Balaban J connectivity index is 2.02. The summed E-state index contributed by atoms with van der Waals surface area (Å²) < 4.78 is 0. The molecule has 0 radical (unpaired) electrons. The Morgan fingerprint density at radius 3 is 2.78 bits per heavy atom. The SMILES string of the molecule is C=CCCN(C)C1CC1. The van der Waals surface area contributed by atoms with Crippen molar-refractivity contribution >= 4 is 0 Å². The van der Waals surface area contributed by atoms with E-state index in [9.17, 15) is 0 Å². The van der Waals surface area contributed by atoms with Crippen molar-refractivity contribution < 1.29 is 0 Å². The van der Waals surface area contributed by atoms with Gasteiger partial charge in [-0.3, -0.25) is 0 Å². The van der Waals surface area contributed by atoms with E-state index in [0.29, 0.717) is 0 Å². The maximum atomic E-state index is 3.69. The number of hydrogen-bond acceptors (Lipinski definition) is 1. The topological polar surface area (TPSA) is 3.24 Å². The van der Waals surface area contributed by atoms with Gasteiger partial charge in [0.2, 0.25) is 0 Å². The fourth-order valence-electron chi connectivity index (χ4n) is 0.993. The van der Waals surface area contributed by atoms with Gasteiger partial charge in [-0.15, -0.1) is 6.58 Å². The minimum Gasteiger partial charge on any atom is -0.303 e. The van der Waals surface area contributed by atoms with E-state index in [-0.39, 0.29) is 0 Å². The van der Waals surface area contributed by atoms with Crippen LogP contribution < -0.4 is 0 Å². The molecule has 1 saturated carbocycles. The Morgan fingerprint density at radius 1 is 1.67 bits per heavy atom. The first-order valence-electron chi connectivity index (χ1n) is 3.65. The third-order valence-electron chi connectivity index (χ3n) is 1.86. The molecule has 0 spiro atoms. The van der Waals surface area contributed by atoms with Gasteiger partial charge in [-0.1, -0.05) is 6.08 Å². The molecule has 0 amide bonds. The summed E-state index contributed by atoms with van der Waals surface area (Å²) >= 11 is 0. The van der Waals surface area contributed by atoms with E-state index in [1.165, 1.54) is 19.4 Å². The first-order chi connectivity index (χ1) is 4.34. The molecule has 0 atom stereocenters. The average molecular weight is 125 g/mol. The first kappa shape index (κ1) is 6.81. The molecule has 0 aromatic rings. The van der Waals surface area contributed by atoms with Crippen LogP contribution in [0.4, 0.5) is 0 Å². The highest BCUT2D eigenvalue weighted by molar-refractivity contribution is 4.83. The second kappa shape index (κ2) is 3.02. The van der Waals surface area contributed by atoms with Crippen molar-refractivity contribution in [2.45, 2.75) is 25.3 Å². The van der Waals surface area contributed by atoms with Gasteiger partial charge in [0.1, 0.15) is 0 Å². The van der Waals surface area contributed by atoms with Crippen molar-refractivity contribution in [2.75, 3.05) is 13.6 Å². The Morgan fingerprint density at radius 2 is 2.33 bits per heavy atom. The third kappa shape index (κ3) is 2.19. The van der Waals surface area contributed by atoms with Crippen molar-refractivity contribution in [2.24, 2.45) is 0 Å². The van der Waals surface area contributed by atoms with Crippen LogP contribution in [-0.4, -0.2) is 24.5 Å². The van der Waals surface area contributed by atoms with Crippen LogP contribution in [0.15, 0.2) is 12.7 Å². The molecule has 0 aromatic heterocycles. The Labute approximate surface area is 57.4 Å². The second-order valence-corrected chi connectivity index (χ2v) is 2.79. The van der Waals surface area contributed by atoms with E-state index in [1.54, 1.807) is 0 Å². The molecule has 52 valence electrons. The van der Waals surface area contributed by atoms with Crippen LogP contribution in [0, 0.1) is 0 Å². The summed E-state index contributed by atoms with van der Waals surface area (Å²) in [5, 5.41) is 0. The number of nitrogens with zero attached hydrogens (tertiary/aromatic N) is 1. The van der Waals surface area contributed by atoms with Crippen LogP contribution in [0.25, 0.3) is 0 Å². The van der Waals surface area contributed by atoms with Crippen LogP contribution in [0.2, 0.25) is 0 Å². The van der Waals surface area contributed by atoms with Crippen molar-refractivity contribution in [1.82, 2.24) is 4.90 Å². The number of hydrogen-bond donors (Lipinski definition) is 0. The minimum atomic E-state index is 0.907. The molecule has 9 heavy (non-hydrogen) atoms. The molecule has 1 nitrogen and oxygen atoms in total. The predicted octanol–water partition coefficient (Wildman–Crippen LogP) is 1.66. The zero-order chi connectivity index (χ0) is 6.69. The summed E-state index contributed by atoms with van der Waals surface area (Å²) in [6.07, 6.45) is 5.94. The largest absolute Gasteiger partial charge is 0.303 e. The van der Waals surface area contributed by atoms with E-state index < -0.39 is 0 Å². The Bertz CT molecular complexity index is 94.7. The molecule has 0 heterocycles. The zero-order valence-electron chi connectivity index (χ0n) is 6.14. The van der Waals surface area contributed by atoms with Crippen molar-refractivity contribution in [3.63, 3.8) is 0 Å². The molecule has 0 N–H and O–H groups in total. The first-order valence-corrected chi connectivity index (χ1v) is 3.65. The van der Waals surface area contributed by atoms with E-state index in [4.69, 9.17) is 0 Å². The molecule has 0 aliphatic heterocycles. The van der Waals surface area contributed by atoms with E-state index >= 15 is 0 Å². The van der Waals surface area contributed by atoms with Crippen molar-refractivity contribution in [3.8, 4) is 0 Å². The van der Waals surface area contributed by atoms with Crippen LogP contribution in [0.1, 0.15) is 19.3 Å². The summed E-state index contributed by atoms with van der Waals surface area (Å²) in [6.45, 7) is 4.87. The van der Waals surface area contributed by atoms with Gasteiger partial charge in [0.05, 0.1) is 0 Å². The smallest absolute Gasteiger partial charge is 0.00934 e. The highest BCUT2D eigenvalue weighted by Gasteiger charge is 2.24.